The van der Waals surface area contributed by atoms with Crippen molar-refractivity contribution in [2.75, 3.05) is 7.05 Å². The van der Waals surface area contributed by atoms with Gasteiger partial charge < -0.3 is 15.2 Å². The third-order valence-corrected chi connectivity index (χ3v) is 5.30. The molecule has 0 amide bonds. The van der Waals surface area contributed by atoms with Crippen molar-refractivity contribution < 1.29 is 0 Å². The van der Waals surface area contributed by atoms with Crippen molar-refractivity contribution in [1.29, 1.82) is 0 Å². The van der Waals surface area contributed by atoms with Gasteiger partial charge in [0.1, 0.15) is 5.82 Å². The van der Waals surface area contributed by atoms with E-state index in [-0.39, 0.29) is 24.0 Å². The molecule has 0 saturated carbocycles. The summed E-state index contributed by atoms with van der Waals surface area (Å²) in [6.45, 7) is 4.66. The Morgan fingerprint density at radius 2 is 2.00 bits per heavy atom. The van der Waals surface area contributed by atoms with Gasteiger partial charge in [-0.1, -0.05) is 6.92 Å². The molecule has 2 aromatic rings. The molecule has 0 saturated heterocycles. The lowest BCUT2D eigenvalue weighted by Crippen LogP contribution is -2.37. The maximum Gasteiger partial charge on any atom is 0.191 e. The van der Waals surface area contributed by atoms with E-state index in [9.17, 15) is 0 Å². The number of nitrogens with one attached hydrogen (secondary N) is 2. The second-order valence-electron chi connectivity index (χ2n) is 5.64. The number of halogens is 1. The van der Waals surface area contributed by atoms with Gasteiger partial charge in [0.05, 0.1) is 13.1 Å². The lowest BCUT2D eigenvalue weighted by molar-refractivity contribution is 0.504. The molecule has 24 heavy (non-hydrogen) atoms. The predicted molar refractivity (Wildman–Crippen MR) is 109 cm³/mol. The molecule has 0 unspecified atom stereocenters. The summed E-state index contributed by atoms with van der Waals surface area (Å²) in [7, 11) is 1.79. The SMILES string of the molecule is CCc1ccc(CNC(=NC)NCc2nnc3n2CCCC3)s1.I. The van der Waals surface area contributed by atoms with Gasteiger partial charge >= 0.3 is 0 Å². The van der Waals surface area contributed by atoms with Crippen molar-refractivity contribution in [1.82, 2.24) is 25.4 Å². The second-order valence-corrected chi connectivity index (χ2v) is 6.89. The van der Waals surface area contributed by atoms with E-state index in [2.05, 4.69) is 49.4 Å². The molecule has 2 aromatic heterocycles. The van der Waals surface area contributed by atoms with E-state index in [0.29, 0.717) is 6.54 Å². The highest BCUT2D eigenvalue weighted by molar-refractivity contribution is 14.0. The fourth-order valence-corrected chi connectivity index (χ4v) is 3.66. The largest absolute Gasteiger partial charge is 0.352 e. The van der Waals surface area contributed by atoms with Crippen LogP contribution >= 0.6 is 35.3 Å². The van der Waals surface area contributed by atoms with Crippen molar-refractivity contribution in [2.24, 2.45) is 4.99 Å². The smallest absolute Gasteiger partial charge is 0.191 e. The molecule has 8 heteroatoms. The summed E-state index contributed by atoms with van der Waals surface area (Å²) in [5, 5.41) is 15.3. The van der Waals surface area contributed by atoms with Crippen LogP contribution in [0.15, 0.2) is 17.1 Å². The van der Waals surface area contributed by atoms with Crippen molar-refractivity contribution in [3.05, 3.63) is 33.5 Å². The van der Waals surface area contributed by atoms with E-state index >= 15 is 0 Å². The second kappa shape index (κ2) is 9.36. The van der Waals surface area contributed by atoms with Crippen LogP contribution in [-0.4, -0.2) is 27.8 Å². The Kier molecular flexibility index (Phi) is 7.47. The summed E-state index contributed by atoms with van der Waals surface area (Å²) in [6.07, 6.45) is 4.56. The number of hydrogen-bond acceptors (Lipinski definition) is 4. The maximum atomic E-state index is 4.31. The zero-order chi connectivity index (χ0) is 16.1. The molecule has 0 bridgehead atoms. The third-order valence-electron chi connectivity index (χ3n) is 4.07. The van der Waals surface area contributed by atoms with Crippen LogP contribution in [0.5, 0.6) is 0 Å². The third kappa shape index (κ3) is 4.69. The molecule has 3 rings (SSSR count). The number of nitrogens with zero attached hydrogens (tertiary/aromatic N) is 4. The number of thiophene rings is 1. The van der Waals surface area contributed by atoms with E-state index in [0.717, 1.165) is 43.5 Å². The number of hydrogen-bond donors (Lipinski definition) is 2. The highest BCUT2D eigenvalue weighted by Crippen LogP contribution is 2.16. The van der Waals surface area contributed by atoms with Crippen LogP contribution in [0.25, 0.3) is 0 Å². The number of rotatable bonds is 5. The molecular formula is C16H25IN6S. The number of aromatic nitrogens is 3. The molecule has 0 atom stereocenters. The van der Waals surface area contributed by atoms with E-state index in [4.69, 9.17) is 0 Å². The van der Waals surface area contributed by atoms with Crippen molar-refractivity contribution in [3.63, 3.8) is 0 Å². The quantitative estimate of drug-likeness (QED) is 0.409. The summed E-state index contributed by atoms with van der Waals surface area (Å²) in [6, 6.07) is 4.37. The number of fused-ring (bicyclic) bond motifs is 1. The van der Waals surface area contributed by atoms with Gasteiger partial charge in [0.15, 0.2) is 11.8 Å². The fraction of sp³-hybridized carbons (Fsp3) is 0.562. The Morgan fingerprint density at radius 1 is 1.21 bits per heavy atom. The van der Waals surface area contributed by atoms with Gasteiger partial charge in [-0.3, -0.25) is 4.99 Å². The Labute approximate surface area is 164 Å². The minimum atomic E-state index is 0. The number of aliphatic imine (C=N–C) groups is 1. The van der Waals surface area contributed by atoms with Crippen molar-refractivity contribution in [3.8, 4) is 0 Å². The van der Waals surface area contributed by atoms with E-state index in [1.54, 1.807) is 7.05 Å². The topological polar surface area (TPSA) is 67.1 Å². The zero-order valence-electron chi connectivity index (χ0n) is 14.2. The molecule has 0 aromatic carbocycles. The van der Waals surface area contributed by atoms with Gasteiger partial charge in [0, 0.05) is 29.8 Å². The number of aryl methyl sites for hydroxylation is 2. The van der Waals surface area contributed by atoms with Gasteiger partial charge in [0.2, 0.25) is 0 Å². The van der Waals surface area contributed by atoms with Gasteiger partial charge in [-0.25, -0.2) is 0 Å². The molecule has 2 N–H and O–H groups in total. The standard InChI is InChI=1S/C16H24N6S.HI/c1-3-12-7-8-13(23-12)10-18-16(17-2)19-11-15-21-20-14-6-4-5-9-22(14)15;/h7-8H,3-6,9-11H2,1-2H3,(H2,17,18,19);1H. The Bertz CT molecular complexity index is 678. The monoisotopic (exact) mass is 460 g/mol. The fourth-order valence-electron chi connectivity index (χ4n) is 2.76. The zero-order valence-corrected chi connectivity index (χ0v) is 17.4. The molecule has 0 spiro atoms. The van der Waals surface area contributed by atoms with Crippen LogP contribution in [0, 0.1) is 0 Å². The minimum Gasteiger partial charge on any atom is -0.352 e. The average molecular weight is 460 g/mol. The molecule has 132 valence electrons. The van der Waals surface area contributed by atoms with Crippen molar-refractivity contribution >= 4 is 41.3 Å². The lowest BCUT2D eigenvalue weighted by Gasteiger charge is -2.16. The first-order valence-corrected chi connectivity index (χ1v) is 9.05. The molecule has 0 fully saturated rings. The van der Waals surface area contributed by atoms with Crippen LogP contribution in [0.3, 0.4) is 0 Å². The summed E-state index contributed by atoms with van der Waals surface area (Å²) in [4.78, 5) is 7.02. The van der Waals surface area contributed by atoms with Crippen LogP contribution in [0.1, 0.15) is 41.2 Å². The molecule has 6 nitrogen and oxygen atoms in total. The summed E-state index contributed by atoms with van der Waals surface area (Å²) >= 11 is 1.85. The Balaban J connectivity index is 0.00000208. The van der Waals surface area contributed by atoms with E-state index < -0.39 is 0 Å². The predicted octanol–water partition coefficient (Wildman–Crippen LogP) is 2.72. The van der Waals surface area contributed by atoms with Gasteiger partial charge in [-0.05, 0) is 31.4 Å². The normalized spacial score (nSPS) is 14.0. The minimum absolute atomic E-state index is 0. The van der Waals surface area contributed by atoms with Gasteiger partial charge in [-0.2, -0.15) is 0 Å². The molecule has 0 radical (unpaired) electrons. The molecular weight excluding hydrogens is 435 g/mol. The molecule has 1 aliphatic rings. The van der Waals surface area contributed by atoms with Crippen LogP contribution in [0.2, 0.25) is 0 Å². The summed E-state index contributed by atoms with van der Waals surface area (Å²) in [5.41, 5.74) is 0. The summed E-state index contributed by atoms with van der Waals surface area (Å²) in [5.74, 6) is 2.90. The van der Waals surface area contributed by atoms with E-state index in [1.165, 1.54) is 22.6 Å². The van der Waals surface area contributed by atoms with Crippen LogP contribution in [0.4, 0.5) is 0 Å². The molecule has 0 aliphatic carbocycles. The average Bonchev–Trinajstić information content (AvgIpc) is 3.22. The highest BCUT2D eigenvalue weighted by Gasteiger charge is 2.15. The summed E-state index contributed by atoms with van der Waals surface area (Å²) < 4.78 is 2.23. The Morgan fingerprint density at radius 3 is 2.75 bits per heavy atom. The maximum absolute atomic E-state index is 4.31. The molecule has 3 heterocycles. The van der Waals surface area contributed by atoms with Crippen LogP contribution in [-0.2, 0) is 32.5 Å². The Hall–Kier alpha value is -1.16. The van der Waals surface area contributed by atoms with Crippen molar-refractivity contribution in [2.45, 2.75) is 52.2 Å². The lowest BCUT2D eigenvalue weighted by atomic mass is 10.2. The first-order valence-electron chi connectivity index (χ1n) is 8.23. The van der Waals surface area contributed by atoms with E-state index in [1.807, 2.05) is 11.3 Å². The van der Waals surface area contributed by atoms with Gasteiger partial charge in [-0.15, -0.1) is 45.5 Å². The number of guanidine groups is 1. The van der Waals surface area contributed by atoms with Gasteiger partial charge in [0.25, 0.3) is 0 Å². The molecule has 1 aliphatic heterocycles. The first kappa shape index (κ1) is 19.2. The van der Waals surface area contributed by atoms with Crippen LogP contribution < -0.4 is 10.6 Å². The highest BCUT2D eigenvalue weighted by atomic mass is 127. The first-order chi connectivity index (χ1) is 11.3.